The summed E-state index contributed by atoms with van der Waals surface area (Å²) in [6, 6.07) is 8.91. The van der Waals surface area contributed by atoms with E-state index in [0.29, 0.717) is 5.69 Å². The monoisotopic (exact) mass is 432 g/mol. The molecule has 3 rings (SSSR count). The Kier molecular flexibility index (Phi) is 6.65. The fourth-order valence-electron chi connectivity index (χ4n) is 2.54. The van der Waals surface area contributed by atoms with Crippen molar-refractivity contribution < 1.29 is 14.3 Å². The van der Waals surface area contributed by atoms with Crippen molar-refractivity contribution >= 4 is 45.2 Å². The molecule has 3 aromatic rings. The van der Waals surface area contributed by atoms with Crippen LogP contribution in [-0.4, -0.2) is 51.6 Å². The fraction of sp³-hybridized carbons (Fsp3) is 0.316. The standard InChI is InChI=1S/C19H20N4O4S2/c1-11(18-21-13-6-4-5-7-14(13)29-18)23(2)16(25)10-28-19-20-12(8-15(24)22-19)9-17(26)27-3/h4-8,11H,9-10H2,1-3H3,(H,20,22,24). The van der Waals surface area contributed by atoms with Gasteiger partial charge >= 0.3 is 5.97 Å². The second-order valence-electron chi connectivity index (χ2n) is 6.28. The van der Waals surface area contributed by atoms with Gasteiger partial charge in [-0.3, -0.25) is 14.4 Å². The smallest absolute Gasteiger partial charge is 0.311 e. The maximum absolute atomic E-state index is 12.6. The van der Waals surface area contributed by atoms with Gasteiger partial charge in [-0.2, -0.15) is 0 Å². The van der Waals surface area contributed by atoms with Gasteiger partial charge in [0.25, 0.3) is 5.56 Å². The number of para-hydroxylation sites is 1. The highest BCUT2D eigenvalue weighted by Gasteiger charge is 2.21. The number of benzene rings is 1. The third kappa shape index (κ3) is 5.21. The predicted octanol–water partition coefficient (Wildman–Crippen LogP) is 2.41. The molecular weight excluding hydrogens is 412 g/mol. The Morgan fingerprint density at radius 2 is 2.07 bits per heavy atom. The van der Waals surface area contributed by atoms with E-state index in [1.54, 1.807) is 23.3 Å². The van der Waals surface area contributed by atoms with E-state index in [4.69, 9.17) is 0 Å². The first kappa shape index (κ1) is 21.0. The summed E-state index contributed by atoms with van der Waals surface area (Å²) in [5, 5.41) is 1.14. The molecule has 1 unspecified atom stereocenters. The summed E-state index contributed by atoms with van der Waals surface area (Å²) in [6.07, 6.45) is -0.101. The van der Waals surface area contributed by atoms with Crippen molar-refractivity contribution in [3.05, 3.63) is 51.4 Å². The maximum Gasteiger partial charge on any atom is 0.311 e. The molecule has 1 atom stereocenters. The van der Waals surface area contributed by atoms with Gasteiger partial charge in [-0.1, -0.05) is 23.9 Å². The number of hydrogen-bond acceptors (Lipinski definition) is 8. The van der Waals surface area contributed by atoms with E-state index >= 15 is 0 Å². The Morgan fingerprint density at radius 3 is 2.79 bits per heavy atom. The van der Waals surface area contributed by atoms with Crippen LogP contribution in [0.2, 0.25) is 0 Å². The summed E-state index contributed by atoms with van der Waals surface area (Å²) >= 11 is 2.67. The highest BCUT2D eigenvalue weighted by Crippen LogP contribution is 2.29. The number of aromatic nitrogens is 3. The molecule has 0 aliphatic carbocycles. The van der Waals surface area contributed by atoms with Crippen LogP contribution in [-0.2, 0) is 20.7 Å². The molecule has 0 saturated heterocycles. The number of methoxy groups -OCH3 is 1. The van der Waals surface area contributed by atoms with Crippen LogP contribution >= 0.6 is 23.1 Å². The van der Waals surface area contributed by atoms with Crippen LogP contribution in [0.1, 0.15) is 23.7 Å². The topological polar surface area (TPSA) is 105 Å². The van der Waals surface area contributed by atoms with Gasteiger partial charge in [-0.15, -0.1) is 11.3 Å². The third-order valence-electron chi connectivity index (χ3n) is 4.30. The van der Waals surface area contributed by atoms with Gasteiger partial charge in [0.1, 0.15) is 5.01 Å². The number of H-pyrrole nitrogens is 1. The van der Waals surface area contributed by atoms with Gasteiger partial charge in [-0.05, 0) is 19.1 Å². The number of carbonyl (C=O) groups is 2. The number of nitrogens with zero attached hydrogens (tertiary/aromatic N) is 3. The van der Waals surface area contributed by atoms with Crippen LogP contribution in [0.4, 0.5) is 0 Å². The number of thiazole rings is 1. The molecule has 2 heterocycles. The summed E-state index contributed by atoms with van der Waals surface area (Å²) in [7, 11) is 3.00. The molecule has 0 bridgehead atoms. The molecule has 29 heavy (non-hydrogen) atoms. The zero-order chi connectivity index (χ0) is 21.0. The zero-order valence-corrected chi connectivity index (χ0v) is 17.8. The van der Waals surface area contributed by atoms with Gasteiger partial charge in [-0.25, -0.2) is 9.97 Å². The summed E-state index contributed by atoms with van der Waals surface area (Å²) in [5.74, 6) is -0.515. The molecular formula is C19H20N4O4S2. The molecule has 10 heteroatoms. The average Bonchev–Trinajstić information content (AvgIpc) is 3.14. The SMILES string of the molecule is COC(=O)Cc1cc(=O)[nH]c(SCC(=O)N(C)C(C)c2nc3ccccc3s2)n1. The molecule has 0 saturated carbocycles. The number of hydrogen-bond donors (Lipinski definition) is 1. The van der Waals surface area contributed by atoms with Crippen molar-refractivity contribution in [2.45, 2.75) is 24.5 Å². The van der Waals surface area contributed by atoms with Gasteiger partial charge in [0.2, 0.25) is 5.91 Å². The number of esters is 1. The molecule has 1 amide bonds. The number of nitrogens with one attached hydrogen (secondary N) is 1. The molecule has 1 N–H and O–H groups in total. The van der Waals surface area contributed by atoms with Crippen molar-refractivity contribution in [1.29, 1.82) is 0 Å². The summed E-state index contributed by atoms with van der Waals surface area (Å²) in [5.41, 5.74) is 0.829. The first-order valence-corrected chi connectivity index (χ1v) is 10.6. The second-order valence-corrected chi connectivity index (χ2v) is 8.31. The lowest BCUT2D eigenvalue weighted by molar-refractivity contribution is -0.139. The van der Waals surface area contributed by atoms with Gasteiger partial charge < -0.3 is 14.6 Å². The molecule has 1 aromatic carbocycles. The van der Waals surface area contributed by atoms with E-state index in [-0.39, 0.29) is 34.8 Å². The lowest BCUT2D eigenvalue weighted by Crippen LogP contribution is -2.31. The molecule has 2 aromatic heterocycles. The van der Waals surface area contributed by atoms with E-state index < -0.39 is 5.97 Å². The molecule has 0 fully saturated rings. The lowest BCUT2D eigenvalue weighted by Gasteiger charge is -2.23. The number of aromatic amines is 1. The Morgan fingerprint density at radius 1 is 1.31 bits per heavy atom. The third-order valence-corrected chi connectivity index (χ3v) is 6.37. The minimum Gasteiger partial charge on any atom is -0.469 e. The van der Waals surface area contributed by atoms with Crippen molar-refractivity contribution in [3.8, 4) is 0 Å². The highest BCUT2D eigenvalue weighted by molar-refractivity contribution is 7.99. The van der Waals surface area contributed by atoms with Gasteiger partial charge in [0, 0.05) is 13.1 Å². The van der Waals surface area contributed by atoms with E-state index in [0.717, 1.165) is 27.0 Å². The van der Waals surface area contributed by atoms with E-state index in [9.17, 15) is 14.4 Å². The number of amides is 1. The Labute approximate surface area is 175 Å². The molecule has 0 spiro atoms. The normalized spacial score (nSPS) is 12.0. The Hall–Kier alpha value is -2.72. The minimum absolute atomic E-state index is 0.0936. The highest BCUT2D eigenvalue weighted by atomic mass is 32.2. The van der Waals surface area contributed by atoms with E-state index in [2.05, 4.69) is 19.7 Å². The fourth-order valence-corrected chi connectivity index (χ4v) is 4.43. The van der Waals surface area contributed by atoms with E-state index in [1.165, 1.54) is 13.2 Å². The van der Waals surface area contributed by atoms with Crippen molar-refractivity contribution in [2.75, 3.05) is 19.9 Å². The predicted molar refractivity (Wildman–Crippen MR) is 112 cm³/mol. The van der Waals surface area contributed by atoms with Gasteiger partial charge in [0.05, 0.1) is 41.2 Å². The minimum atomic E-state index is -0.487. The Bertz CT molecular complexity index is 1060. The number of thioether (sulfide) groups is 1. The van der Waals surface area contributed by atoms with Gasteiger partial charge in [0.15, 0.2) is 5.16 Å². The van der Waals surface area contributed by atoms with E-state index in [1.807, 2.05) is 31.2 Å². The molecule has 0 aliphatic rings. The second kappa shape index (κ2) is 9.19. The van der Waals surface area contributed by atoms with Crippen LogP contribution in [0.25, 0.3) is 10.2 Å². The molecule has 152 valence electrons. The van der Waals surface area contributed by atoms with Crippen molar-refractivity contribution in [3.63, 3.8) is 0 Å². The first-order valence-electron chi connectivity index (χ1n) is 8.78. The van der Waals surface area contributed by atoms with Crippen LogP contribution in [0.3, 0.4) is 0 Å². The lowest BCUT2D eigenvalue weighted by atomic mass is 10.3. The van der Waals surface area contributed by atoms with Crippen molar-refractivity contribution in [1.82, 2.24) is 19.9 Å². The van der Waals surface area contributed by atoms with Crippen LogP contribution in [0.5, 0.6) is 0 Å². The molecule has 0 radical (unpaired) electrons. The summed E-state index contributed by atoms with van der Waals surface area (Å²) in [4.78, 5) is 48.8. The number of carbonyl (C=O) groups excluding carboxylic acids is 2. The first-order chi connectivity index (χ1) is 13.9. The number of ether oxygens (including phenoxy) is 1. The Balaban J connectivity index is 1.65. The maximum atomic E-state index is 12.6. The number of fused-ring (bicyclic) bond motifs is 1. The summed E-state index contributed by atoms with van der Waals surface area (Å²) < 4.78 is 5.67. The largest absolute Gasteiger partial charge is 0.469 e. The quantitative estimate of drug-likeness (QED) is 0.347. The molecule has 8 nitrogen and oxygen atoms in total. The van der Waals surface area contributed by atoms with Crippen LogP contribution in [0, 0.1) is 0 Å². The summed E-state index contributed by atoms with van der Waals surface area (Å²) in [6.45, 7) is 1.93. The van der Waals surface area contributed by atoms with Crippen LogP contribution in [0.15, 0.2) is 40.3 Å². The average molecular weight is 433 g/mol. The number of rotatable bonds is 7. The zero-order valence-electron chi connectivity index (χ0n) is 16.2. The van der Waals surface area contributed by atoms with Crippen LogP contribution < -0.4 is 5.56 Å². The van der Waals surface area contributed by atoms with Crippen molar-refractivity contribution in [2.24, 2.45) is 0 Å². The molecule has 0 aliphatic heterocycles.